The van der Waals surface area contributed by atoms with Gasteiger partial charge in [-0.15, -0.1) is 0 Å². The van der Waals surface area contributed by atoms with Gasteiger partial charge in [-0.05, 0) is 12.1 Å². The Morgan fingerprint density at radius 1 is 1.50 bits per heavy atom. The molecule has 0 saturated heterocycles. The first kappa shape index (κ1) is 9.02. The van der Waals surface area contributed by atoms with Crippen LogP contribution in [0, 0.1) is 0 Å². The van der Waals surface area contributed by atoms with Crippen LogP contribution in [0.3, 0.4) is 0 Å². The van der Waals surface area contributed by atoms with Crippen molar-refractivity contribution < 1.29 is 0 Å². The molecule has 0 bridgehead atoms. The van der Waals surface area contributed by atoms with E-state index in [1.165, 1.54) is 0 Å². The molecule has 0 unspecified atom stereocenters. The second-order valence-corrected chi connectivity index (χ2v) is 3.38. The number of hydrogen-bond acceptors (Lipinski definition) is 3. The molecule has 72 valence electrons. The van der Waals surface area contributed by atoms with E-state index >= 15 is 0 Å². The van der Waals surface area contributed by atoms with Crippen LogP contribution in [-0.4, -0.2) is 14.8 Å². The summed E-state index contributed by atoms with van der Waals surface area (Å²) in [6.07, 6.45) is 3.40. The second kappa shape index (κ2) is 3.31. The zero-order valence-electron chi connectivity index (χ0n) is 7.61. The molecule has 2 aromatic rings. The Balaban J connectivity index is 2.52. The third-order valence-corrected chi connectivity index (χ3v) is 2.11. The minimum absolute atomic E-state index is 0.517. The fourth-order valence-corrected chi connectivity index (χ4v) is 1.45. The van der Waals surface area contributed by atoms with Gasteiger partial charge in [-0.2, -0.15) is 5.10 Å². The molecule has 2 N–H and O–H groups in total. The summed E-state index contributed by atoms with van der Waals surface area (Å²) in [6.45, 7) is 0. The third kappa shape index (κ3) is 1.56. The molecule has 0 fully saturated rings. The highest BCUT2D eigenvalue weighted by molar-refractivity contribution is 6.33. The van der Waals surface area contributed by atoms with E-state index in [0.717, 1.165) is 5.69 Å². The first-order chi connectivity index (χ1) is 6.66. The summed E-state index contributed by atoms with van der Waals surface area (Å²) in [5.41, 5.74) is 7.49. The van der Waals surface area contributed by atoms with Crippen LogP contribution >= 0.6 is 11.6 Å². The predicted octanol–water partition coefficient (Wildman–Crippen LogP) is 1.72. The number of halogens is 1. The van der Waals surface area contributed by atoms with Crippen molar-refractivity contribution in [1.82, 2.24) is 14.8 Å². The summed E-state index contributed by atoms with van der Waals surface area (Å²) in [6, 6.07) is 3.52. The molecule has 0 atom stereocenters. The molecule has 2 aromatic heterocycles. The van der Waals surface area contributed by atoms with E-state index in [4.69, 9.17) is 17.3 Å². The Hall–Kier alpha value is -1.55. The van der Waals surface area contributed by atoms with Crippen LogP contribution in [0.15, 0.2) is 24.5 Å². The monoisotopic (exact) mass is 208 g/mol. The van der Waals surface area contributed by atoms with Crippen LogP contribution in [0.4, 0.5) is 5.69 Å². The number of aromatic nitrogens is 3. The summed E-state index contributed by atoms with van der Waals surface area (Å²) >= 11 is 5.98. The van der Waals surface area contributed by atoms with Crippen LogP contribution in [0.1, 0.15) is 0 Å². The zero-order valence-corrected chi connectivity index (χ0v) is 8.36. The second-order valence-electron chi connectivity index (χ2n) is 2.97. The van der Waals surface area contributed by atoms with E-state index in [1.807, 2.05) is 19.3 Å². The topological polar surface area (TPSA) is 56.7 Å². The number of hydrogen-bond donors (Lipinski definition) is 1. The van der Waals surface area contributed by atoms with Gasteiger partial charge in [0.1, 0.15) is 11.4 Å². The minimum atomic E-state index is 0.517. The van der Waals surface area contributed by atoms with Crippen molar-refractivity contribution in [3.8, 4) is 11.4 Å². The fraction of sp³-hybridized carbons (Fsp3) is 0.111. The van der Waals surface area contributed by atoms with Crippen LogP contribution in [0.2, 0.25) is 5.02 Å². The predicted molar refractivity (Wildman–Crippen MR) is 55.9 cm³/mol. The highest BCUT2D eigenvalue weighted by Gasteiger charge is 2.07. The highest BCUT2D eigenvalue weighted by Crippen LogP contribution is 2.25. The molecule has 0 spiro atoms. The van der Waals surface area contributed by atoms with E-state index in [0.29, 0.717) is 16.4 Å². The maximum absolute atomic E-state index is 5.98. The molecular formula is C9H9ClN4. The summed E-state index contributed by atoms with van der Waals surface area (Å²) in [5, 5.41) is 4.72. The molecule has 14 heavy (non-hydrogen) atoms. The lowest BCUT2D eigenvalue weighted by molar-refractivity contribution is 0.770. The smallest absolute Gasteiger partial charge is 0.112 e. The number of aryl methyl sites for hydroxylation is 1. The Kier molecular flexibility index (Phi) is 2.13. The van der Waals surface area contributed by atoms with Gasteiger partial charge in [-0.3, -0.25) is 9.67 Å². The van der Waals surface area contributed by atoms with Crippen LogP contribution in [0.5, 0.6) is 0 Å². The molecular weight excluding hydrogens is 200 g/mol. The van der Waals surface area contributed by atoms with Gasteiger partial charge in [0.15, 0.2) is 0 Å². The molecule has 0 aliphatic rings. The van der Waals surface area contributed by atoms with Crippen LogP contribution < -0.4 is 5.73 Å². The van der Waals surface area contributed by atoms with Gasteiger partial charge in [0.2, 0.25) is 0 Å². The Morgan fingerprint density at radius 3 is 2.86 bits per heavy atom. The van der Waals surface area contributed by atoms with Crippen molar-refractivity contribution in [3.63, 3.8) is 0 Å². The molecule has 0 aliphatic carbocycles. The van der Waals surface area contributed by atoms with Crippen LogP contribution in [0.25, 0.3) is 11.4 Å². The number of nitrogen functional groups attached to an aromatic ring is 1. The average molecular weight is 209 g/mol. The standard InChI is InChI=1S/C9H9ClN4/c1-14-3-2-8(13-14)9-7(10)4-6(11)5-12-9/h2-5H,11H2,1H3. The highest BCUT2D eigenvalue weighted by atomic mass is 35.5. The lowest BCUT2D eigenvalue weighted by Gasteiger charge is -2.00. The largest absolute Gasteiger partial charge is 0.397 e. The Labute approximate surface area is 86.3 Å². The summed E-state index contributed by atoms with van der Waals surface area (Å²) in [7, 11) is 1.84. The maximum Gasteiger partial charge on any atom is 0.112 e. The van der Waals surface area contributed by atoms with Gasteiger partial charge in [-0.25, -0.2) is 0 Å². The van der Waals surface area contributed by atoms with Crippen molar-refractivity contribution in [1.29, 1.82) is 0 Å². The third-order valence-electron chi connectivity index (χ3n) is 1.82. The first-order valence-corrected chi connectivity index (χ1v) is 4.45. The van der Waals surface area contributed by atoms with Crippen molar-refractivity contribution in [2.45, 2.75) is 0 Å². The maximum atomic E-state index is 5.98. The molecule has 2 heterocycles. The van der Waals surface area contributed by atoms with E-state index in [1.54, 1.807) is 16.9 Å². The lowest BCUT2D eigenvalue weighted by atomic mass is 10.2. The van der Waals surface area contributed by atoms with E-state index < -0.39 is 0 Å². The van der Waals surface area contributed by atoms with Crippen molar-refractivity contribution in [3.05, 3.63) is 29.5 Å². The summed E-state index contributed by atoms with van der Waals surface area (Å²) in [5.74, 6) is 0. The van der Waals surface area contributed by atoms with E-state index in [9.17, 15) is 0 Å². The number of pyridine rings is 1. The molecule has 2 rings (SSSR count). The Bertz CT molecular complexity index is 464. The molecule has 5 heteroatoms. The summed E-state index contributed by atoms with van der Waals surface area (Å²) in [4.78, 5) is 4.13. The molecule has 4 nitrogen and oxygen atoms in total. The molecule has 0 aliphatic heterocycles. The van der Waals surface area contributed by atoms with Crippen molar-refractivity contribution in [2.24, 2.45) is 7.05 Å². The van der Waals surface area contributed by atoms with E-state index in [-0.39, 0.29) is 0 Å². The summed E-state index contributed by atoms with van der Waals surface area (Å²) < 4.78 is 1.70. The van der Waals surface area contributed by atoms with Crippen molar-refractivity contribution in [2.75, 3.05) is 5.73 Å². The molecule has 0 radical (unpaired) electrons. The quantitative estimate of drug-likeness (QED) is 0.777. The zero-order chi connectivity index (χ0) is 10.1. The SMILES string of the molecule is Cn1ccc(-c2ncc(N)cc2Cl)n1. The van der Waals surface area contributed by atoms with Gasteiger partial charge >= 0.3 is 0 Å². The first-order valence-electron chi connectivity index (χ1n) is 4.08. The lowest BCUT2D eigenvalue weighted by Crippen LogP contribution is -1.92. The molecule has 0 saturated carbocycles. The fourth-order valence-electron chi connectivity index (χ4n) is 1.18. The number of anilines is 1. The molecule has 0 amide bonds. The minimum Gasteiger partial charge on any atom is -0.397 e. The van der Waals surface area contributed by atoms with Gasteiger partial charge in [0.05, 0.1) is 16.9 Å². The van der Waals surface area contributed by atoms with Gasteiger partial charge in [-0.1, -0.05) is 11.6 Å². The van der Waals surface area contributed by atoms with Crippen molar-refractivity contribution >= 4 is 17.3 Å². The normalized spacial score (nSPS) is 10.4. The van der Waals surface area contributed by atoms with Gasteiger partial charge in [0.25, 0.3) is 0 Å². The average Bonchev–Trinajstić information content (AvgIpc) is 2.51. The number of rotatable bonds is 1. The molecule has 0 aromatic carbocycles. The van der Waals surface area contributed by atoms with Gasteiger partial charge in [0, 0.05) is 13.2 Å². The van der Waals surface area contributed by atoms with E-state index in [2.05, 4.69) is 10.1 Å². The number of nitrogens with zero attached hydrogens (tertiary/aromatic N) is 3. The number of nitrogens with two attached hydrogens (primary N) is 1. The van der Waals surface area contributed by atoms with Crippen LogP contribution in [-0.2, 0) is 7.05 Å². The Morgan fingerprint density at radius 2 is 2.29 bits per heavy atom. The van der Waals surface area contributed by atoms with Gasteiger partial charge < -0.3 is 5.73 Å².